The summed E-state index contributed by atoms with van der Waals surface area (Å²) in [6, 6.07) is 8.13. The van der Waals surface area contributed by atoms with Crippen LogP contribution >= 0.6 is 0 Å². The molecule has 0 spiro atoms. The summed E-state index contributed by atoms with van der Waals surface area (Å²) < 4.78 is 0. The lowest BCUT2D eigenvalue weighted by Crippen LogP contribution is -2.51. The summed E-state index contributed by atoms with van der Waals surface area (Å²) in [4.78, 5) is 10.8. The molecular formula is C13H17NO3. The predicted octanol–water partition coefficient (Wildman–Crippen LogP) is 2.34. The summed E-state index contributed by atoms with van der Waals surface area (Å²) in [7, 11) is 0. The Bertz CT molecular complexity index is 406. The second-order valence-corrected chi connectivity index (χ2v) is 4.82. The van der Waals surface area contributed by atoms with Gasteiger partial charge in [0.2, 0.25) is 6.04 Å². The van der Waals surface area contributed by atoms with Gasteiger partial charge >= 0.3 is 0 Å². The van der Waals surface area contributed by atoms with Crippen LogP contribution in [0.2, 0.25) is 0 Å². The second kappa shape index (κ2) is 4.45. The lowest BCUT2D eigenvalue weighted by Gasteiger charge is -2.39. The normalized spacial score (nSPS) is 33.3. The standard InChI is InChI=1S/C13H17NO3/c1-10-6-5-9-12(14(16)17)13(10,15)11-7-3-2-4-8-11/h2-4,7-8,10,12,15H,5-6,9H2,1H3. The molecule has 1 N–H and O–H groups in total. The monoisotopic (exact) mass is 235 g/mol. The van der Waals surface area contributed by atoms with Crippen LogP contribution in [-0.2, 0) is 5.60 Å². The van der Waals surface area contributed by atoms with E-state index < -0.39 is 11.6 Å². The molecule has 4 heteroatoms. The second-order valence-electron chi connectivity index (χ2n) is 4.82. The van der Waals surface area contributed by atoms with Crippen LogP contribution in [0.3, 0.4) is 0 Å². The van der Waals surface area contributed by atoms with Crippen molar-refractivity contribution in [2.45, 2.75) is 37.8 Å². The third-order valence-corrected chi connectivity index (χ3v) is 3.86. The van der Waals surface area contributed by atoms with E-state index in [4.69, 9.17) is 0 Å². The van der Waals surface area contributed by atoms with Crippen LogP contribution in [0.5, 0.6) is 0 Å². The van der Waals surface area contributed by atoms with Gasteiger partial charge in [0.05, 0.1) is 0 Å². The smallest absolute Gasteiger partial charge is 0.245 e. The van der Waals surface area contributed by atoms with Crippen molar-refractivity contribution in [2.75, 3.05) is 0 Å². The molecule has 92 valence electrons. The third kappa shape index (κ3) is 1.93. The Morgan fingerprint density at radius 2 is 2.00 bits per heavy atom. The maximum absolute atomic E-state index is 11.1. The minimum atomic E-state index is -1.33. The first-order valence-electron chi connectivity index (χ1n) is 5.98. The lowest BCUT2D eigenvalue weighted by atomic mass is 9.69. The van der Waals surface area contributed by atoms with E-state index in [2.05, 4.69) is 0 Å². The van der Waals surface area contributed by atoms with Crippen LogP contribution in [-0.4, -0.2) is 16.1 Å². The molecule has 1 aromatic carbocycles. The number of benzene rings is 1. The van der Waals surface area contributed by atoms with E-state index in [1.165, 1.54) is 0 Å². The fourth-order valence-corrected chi connectivity index (χ4v) is 2.83. The molecule has 0 aromatic heterocycles. The molecule has 0 bridgehead atoms. The van der Waals surface area contributed by atoms with E-state index in [0.717, 1.165) is 12.8 Å². The molecule has 0 heterocycles. The van der Waals surface area contributed by atoms with Gasteiger partial charge in [-0.05, 0) is 24.3 Å². The van der Waals surface area contributed by atoms with Crippen molar-refractivity contribution in [3.63, 3.8) is 0 Å². The summed E-state index contributed by atoms with van der Waals surface area (Å²) in [5.41, 5.74) is -0.669. The molecular weight excluding hydrogens is 218 g/mol. The number of nitro groups is 1. The van der Waals surface area contributed by atoms with Gasteiger partial charge in [-0.25, -0.2) is 0 Å². The van der Waals surface area contributed by atoms with E-state index >= 15 is 0 Å². The first-order valence-corrected chi connectivity index (χ1v) is 5.98. The highest BCUT2D eigenvalue weighted by molar-refractivity contribution is 5.25. The molecule has 3 atom stereocenters. The van der Waals surface area contributed by atoms with Gasteiger partial charge in [0.15, 0.2) is 5.60 Å². The van der Waals surface area contributed by atoms with Gasteiger partial charge in [0.25, 0.3) is 0 Å². The van der Waals surface area contributed by atoms with Gasteiger partial charge in [-0.3, -0.25) is 10.1 Å². The molecule has 4 nitrogen and oxygen atoms in total. The Hall–Kier alpha value is -1.42. The van der Waals surface area contributed by atoms with Gasteiger partial charge in [-0.2, -0.15) is 0 Å². The molecule has 1 fully saturated rings. The zero-order valence-corrected chi connectivity index (χ0v) is 9.87. The Labute approximate surface area is 100 Å². The minimum Gasteiger partial charge on any atom is -0.378 e. The Morgan fingerprint density at radius 3 is 2.59 bits per heavy atom. The summed E-state index contributed by atoms with van der Waals surface area (Å²) in [6.07, 6.45) is 2.08. The third-order valence-electron chi connectivity index (χ3n) is 3.86. The molecule has 0 amide bonds. The van der Waals surface area contributed by atoms with Crippen LogP contribution < -0.4 is 0 Å². The first kappa shape index (κ1) is 12.0. The molecule has 1 aliphatic rings. The molecule has 17 heavy (non-hydrogen) atoms. The van der Waals surface area contributed by atoms with E-state index in [1.54, 1.807) is 12.1 Å². The fraction of sp³-hybridized carbons (Fsp3) is 0.538. The van der Waals surface area contributed by atoms with Crippen LogP contribution in [0.25, 0.3) is 0 Å². The Kier molecular flexibility index (Phi) is 3.15. The molecule has 2 rings (SSSR count). The number of hydrogen-bond acceptors (Lipinski definition) is 3. The highest BCUT2D eigenvalue weighted by Crippen LogP contribution is 2.42. The molecule has 1 saturated carbocycles. The van der Waals surface area contributed by atoms with Crippen molar-refractivity contribution >= 4 is 0 Å². The molecule has 1 aliphatic carbocycles. The molecule has 0 saturated heterocycles. The van der Waals surface area contributed by atoms with Gasteiger partial charge in [0, 0.05) is 11.3 Å². The number of aliphatic hydroxyl groups is 1. The minimum absolute atomic E-state index is 0.0888. The lowest BCUT2D eigenvalue weighted by molar-refractivity contribution is -0.555. The van der Waals surface area contributed by atoms with Crippen molar-refractivity contribution in [1.29, 1.82) is 0 Å². The van der Waals surface area contributed by atoms with Crippen LogP contribution in [0.1, 0.15) is 31.7 Å². The highest BCUT2D eigenvalue weighted by atomic mass is 16.6. The molecule has 3 unspecified atom stereocenters. The zero-order valence-electron chi connectivity index (χ0n) is 9.87. The number of rotatable bonds is 2. The molecule has 0 radical (unpaired) electrons. The maximum atomic E-state index is 11.1. The zero-order chi connectivity index (χ0) is 12.5. The Balaban J connectivity index is 2.45. The SMILES string of the molecule is CC1CCCC([N+](=O)[O-])C1(O)c1ccccc1. The largest absolute Gasteiger partial charge is 0.378 e. The van der Waals surface area contributed by atoms with Crippen molar-refractivity contribution in [2.24, 2.45) is 5.92 Å². The highest BCUT2D eigenvalue weighted by Gasteiger charge is 2.52. The van der Waals surface area contributed by atoms with Crippen molar-refractivity contribution in [3.8, 4) is 0 Å². The Morgan fingerprint density at radius 1 is 1.35 bits per heavy atom. The number of nitrogens with zero attached hydrogens (tertiary/aromatic N) is 1. The van der Waals surface area contributed by atoms with E-state index in [-0.39, 0.29) is 10.8 Å². The van der Waals surface area contributed by atoms with Gasteiger partial charge in [0.1, 0.15) is 0 Å². The summed E-state index contributed by atoms with van der Waals surface area (Å²) in [6.45, 7) is 1.89. The van der Waals surface area contributed by atoms with E-state index in [9.17, 15) is 15.2 Å². The van der Waals surface area contributed by atoms with E-state index in [0.29, 0.717) is 12.0 Å². The van der Waals surface area contributed by atoms with Crippen LogP contribution in [0.15, 0.2) is 30.3 Å². The maximum Gasteiger partial charge on any atom is 0.245 e. The quantitative estimate of drug-likeness (QED) is 0.632. The van der Waals surface area contributed by atoms with Gasteiger partial charge < -0.3 is 5.11 Å². The predicted molar refractivity (Wildman–Crippen MR) is 64.1 cm³/mol. The van der Waals surface area contributed by atoms with Crippen molar-refractivity contribution < 1.29 is 10.0 Å². The molecule has 0 aliphatic heterocycles. The summed E-state index contributed by atoms with van der Waals surface area (Å²) >= 11 is 0. The van der Waals surface area contributed by atoms with Gasteiger partial charge in [-0.1, -0.05) is 37.3 Å². The topological polar surface area (TPSA) is 63.4 Å². The first-order chi connectivity index (χ1) is 8.06. The van der Waals surface area contributed by atoms with Crippen LogP contribution in [0.4, 0.5) is 0 Å². The summed E-state index contributed by atoms with van der Waals surface area (Å²) in [5, 5.41) is 21.9. The van der Waals surface area contributed by atoms with Crippen molar-refractivity contribution in [3.05, 3.63) is 46.0 Å². The summed E-state index contributed by atoms with van der Waals surface area (Å²) in [5.74, 6) is -0.0888. The number of hydrogen-bond donors (Lipinski definition) is 1. The van der Waals surface area contributed by atoms with Crippen LogP contribution in [0, 0.1) is 16.0 Å². The molecule has 1 aromatic rings. The van der Waals surface area contributed by atoms with E-state index in [1.807, 2.05) is 25.1 Å². The van der Waals surface area contributed by atoms with Crippen molar-refractivity contribution in [1.82, 2.24) is 0 Å². The van der Waals surface area contributed by atoms with Gasteiger partial charge in [-0.15, -0.1) is 0 Å². The fourth-order valence-electron chi connectivity index (χ4n) is 2.83. The average Bonchev–Trinajstić information content (AvgIpc) is 2.33. The average molecular weight is 235 g/mol.